The van der Waals surface area contributed by atoms with Gasteiger partial charge in [-0.2, -0.15) is 0 Å². The summed E-state index contributed by atoms with van der Waals surface area (Å²) in [4.78, 5) is 23.7. The number of anilines is 2. The van der Waals surface area contributed by atoms with E-state index in [1.54, 1.807) is 22.9 Å². The molecule has 0 fully saturated rings. The number of pyridine rings is 1. The van der Waals surface area contributed by atoms with Crippen LogP contribution in [0.15, 0.2) is 52.4 Å². The Morgan fingerprint density at radius 2 is 1.92 bits per heavy atom. The van der Waals surface area contributed by atoms with Crippen molar-refractivity contribution in [2.75, 3.05) is 30.3 Å². The number of carbonyl (C=O) groups is 1. The van der Waals surface area contributed by atoms with Crippen molar-refractivity contribution in [3.8, 4) is 0 Å². The van der Waals surface area contributed by atoms with E-state index in [4.69, 9.17) is 0 Å². The molecule has 0 radical (unpaired) electrons. The number of rotatable bonds is 6. The van der Waals surface area contributed by atoms with Gasteiger partial charge in [0, 0.05) is 16.8 Å². The minimum absolute atomic E-state index is 0.0484. The Bertz CT molecular complexity index is 689. The highest BCUT2D eigenvalue weighted by Gasteiger charge is 2.29. The first-order chi connectivity index (χ1) is 12.2. The maximum absolute atomic E-state index is 12.9. The second kappa shape index (κ2) is 8.74. The van der Waals surface area contributed by atoms with Crippen molar-refractivity contribution in [3.05, 3.63) is 42.6 Å². The Kier molecular flexibility index (Phi) is 6.39. The van der Waals surface area contributed by atoms with Gasteiger partial charge in [-0.25, -0.2) is 4.98 Å². The van der Waals surface area contributed by atoms with Crippen LogP contribution in [0.5, 0.6) is 0 Å². The maximum Gasteiger partial charge on any atom is 0.291 e. The molecule has 3 rings (SSSR count). The fraction of sp³-hybridized carbons (Fsp3) is 0.368. The van der Waals surface area contributed by atoms with Crippen molar-refractivity contribution in [2.24, 2.45) is 0 Å². The SMILES string of the molecule is CCN(CC)CCCSC(=O)N1c2ccccc2Sc2cccnc21. The lowest BCUT2D eigenvalue weighted by atomic mass is 10.3. The minimum Gasteiger partial charge on any atom is -0.304 e. The molecule has 0 saturated heterocycles. The normalized spacial score (nSPS) is 12.8. The van der Waals surface area contributed by atoms with E-state index in [0.717, 1.165) is 53.1 Å². The number of amides is 1. The molecule has 0 spiro atoms. The van der Waals surface area contributed by atoms with E-state index in [1.165, 1.54) is 11.8 Å². The van der Waals surface area contributed by atoms with Gasteiger partial charge in [0.1, 0.15) is 0 Å². The number of nitrogens with zero attached hydrogens (tertiary/aromatic N) is 3. The molecule has 1 aromatic heterocycles. The van der Waals surface area contributed by atoms with Gasteiger partial charge in [0.05, 0.1) is 10.6 Å². The Morgan fingerprint density at radius 3 is 2.72 bits per heavy atom. The Balaban J connectivity index is 1.72. The number of carbonyl (C=O) groups excluding carboxylic acids is 1. The molecular weight excluding hydrogens is 350 g/mol. The van der Waals surface area contributed by atoms with Gasteiger partial charge in [0.2, 0.25) is 0 Å². The molecule has 132 valence electrons. The molecule has 0 atom stereocenters. The molecule has 2 heterocycles. The number of hydrogen-bond acceptors (Lipinski definition) is 5. The highest BCUT2D eigenvalue weighted by Crippen LogP contribution is 2.47. The first-order valence-electron chi connectivity index (χ1n) is 8.65. The fourth-order valence-corrected chi connectivity index (χ4v) is 4.62. The Labute approximate surface area is 158 Å². The molecule has 0 unspecified atom stereocenters. The predicted octanol–water partition coefficient (Wildman–Crippen LogP) is 5.27. The van der Waals surface area contributed by atoms with Crippen molar-refractivity contribution < 1.29 is 4.79 Å². The number of aromatic nitrogens is 1. The summed E-state index contributed by atoms with van der Waals surface area (Å²) in [6, 6.07) is 12.0. The van der Waals surface area contributed by atoms with Gasteiger partial charge in [-0.05, 0) is 50.3 Å². The lowest BCUT2D eigenvalue weighted by molar-refractivity contribution is 0.266. The molecule has 1 amide bonds. The molecule has 25 heavy (non-hydrogen) atoms. The molecule has 0 bridgehead atoms. The second-order valence-electron chi connectivity index (χ2n) is 5.73. The first kappa shape index (κ1) is 18.3. The highest BCUT2D eigenvalue weighted by molar-refractivity contribution is 8.13. The van der Waals surface area contributed by atoms with E-state index in [1.807, 2.05) is 30.3 Å². The van der Waals surface area contributed by atoms with Crippen LogP contribution in [0, 0.1) is 0 Å². The first-order valence-corrected chi connectivity index (χ1v) is 10.5. The van der Waals surface area contributed by atoms with Crippen LogP contribution in [0.2, 0.25) is 0 Å². The van der Waals surface area contributed by atoms with Crippen LogP contribution < -0.4 is 4.90 Å². The Morgan fingerprint density at radius 1 is 1.16 bits per heavy atom. The van der Waals surface area contributed by atoms with Gasteiger partial charge < -0.3 is 4.90 Å². The molecule has 4 nitrogen and oxygen atoms in total. The molecule has 1 aliphatic heterocycles. The van der Waals surface area contributed by atoms with Crippen LogP contribution in [-0.4, -0.2) is 40.5 Å². The third-order valence-corrected chi connectivity index (χ3v) is 6.24. The molecule has 2 aromatic rings. The van der Waals surface area contributed by atoms with Crippen molar-refractivity contribution in [1.82, 2.24) is 9.88 Å². The quantitative estimate of drug-likeness (QED) is 0.645. The summed E-state index contributed by atoms with van der Waals surface area (Å²) in [6.07, 6.45) is 2.76. The third kappa shape index (κ3) is 4.19. The molecule has 0 N–H and O–H groups in total. The highest BCUT2D eigenvalue weighted by atomic mass is 32.2. The lowest BCUT2D eigenvalue weighted by Gasteiger charge is -2.29. The van der Waals surface area contributed by atoms with Gasteiger partial charge in [-0.3, -0.25) is 9.69 Å². The Hall–Kier alpha value is -1.50. The van der Waals surface area contributed by atoms with Crippen molar-refractivity contribution >= 4 is 40.3 Å². The molecule has 1 aromatic carbocycles. The van der Waals surface area contributed by atoms with E-state index in [-0.39, 0.29) is 5.24 Å². The summed E-state index contributed by atoms with van der Waals surface area (Å²) < 4.78 is 0. The molecule has 1 aliphatic rings. The van der Waals surface area contributed by atoms with E-state index in [9.17, 15) is 4.79 Å². The summed E-state index contributed by atoms with van der Waals surface area (Å²) in [5.74, 6) is 1.57. The summed E-state index contributed by atoms with van der Waals surface area (Å²) >= 11 is 3.05. The van der Waals surface area contributed by atoms with E-state index >= 15 is 0 Å². The van der Waals surface area contributed by atoms with Crippen LogP contribution in [0.25, 0.3) is 0 Å². The van der Waals surface area contributed by atoms with Crippen LogP contribution in [0.4, 0.5) is 16.3 Å². The summed E-state index contributed by atoms with van der Waals surface area (Å²) in [7, 11) is 0. The number of para-hydroxylation sites is 1. The van der Waals surface area contributed by atoms with Crippen LogP contribution in [0.1, 0.15) is 20.3 Å². The smallest absolute Gasteiger partial charge is 0.291 e. The maximum atomic E-state index is 12.9. The van der Waals surface area contributed by atoms with Gasteiger partial charge in [-0.1, -0.05) is 49.5 Å². The minimum atomic E-state index is 0.0484. The lowest BCUT2D eigenvalue weighted by Crippen LogP contribution is -2.27. The van der Waals surface area contributed by atoms with E-state index in [2.05, 4.69) is 29.8 Å². The number of hydrogen-bond donors (Lipinski definition) is 0. The average molecular weight is 374 g/mol. The zero-order valence-electron chi connectivity index (χ0n) is 14.6. The molecular formula is C19H23N3OS2. The molecule has 0 aliphatic carbocycles. The topological polar surface area (TPSA) is 36.4 Å². The molecule has 6 heteroatoms. The van der Waals surface area contributed by atoms with Gasteiger partial charge >= 0.3 is 0 Å². The monoisotopic (exact) mass is 373 g/mol. The van der Waals surface area contributed by atoms with Crippen molar-refractivity contribution in [3.63, 3.8) is 0 Å². The van der Waals surface area contributed by atoms with Crippen LogP contribution >= 0.6 is 23.5 Å². The van der Waals surface area contributed by atoms with E-state index < -0.39 is 0 Å². The second-order valence-corrected chi connectivity index (χ2v) is 7.86. The largest absolute Gasteiger partial charge is 0.304 e. The van der Waals surface area contributed by atoms with Crippen molar-refractivity contribution in [2.45, 2.75) is 30.1 Å². The zero-order valence-corrected chi connectivity index (χ0v) is 16.3. The summed E-state index contributed by atoms with van der Waals surface area (Å²) in [6.45, 7) is 7.50. The van der Waals surface area contributed by atoms with Gasteiger partial charge in [0.15, 0.2) is 5.82 Å². The summed E-state index contributed by atoms with van der Waals surface area (Å²) in [5.41, 5.74) is 0.931. The van der Waals surface area contributed by atoms with Gasteiger partial charge in [-0.15, -0.1) is 0 Å². The average Bonchev–Trinajstić information content (AvgIpc) is 2.66. The van der Waals surface area contributed by atoms with Crippen molar-refractivity contribution in [1.29, 1.82) is 0 Å². The zero-order chi connectivity index (χ0) is 17.6. The predicted molar refractivity (Wildman–Crippen MR) is 107 cm³/mol. The number of benzene rings is 1. The standard InChI is InChI=1S/C19H23N3OS2/c1-3-21(4-2)13-8-14-24-19(23)22-15-9-5-6-10-16(15)25-17-11-7-12-20-18(17)22/h5-7,9-12H,3-4,8,13-14H2,1-2H3. The van der Waals surface area contributed by atoms with Crippen LogP contribution in [0.3, 0.4) is 0 Å². The number of thioether (sulfide) groups is 1. The van der Waals surface area contributed by atoms with Crippen LogP contribution in [-0.2, 0) is 0 Å². The summed E-state index contributed by atoms with van der Waals surface area (Å²) in [5, 5.41) is 0.0484. The fourth-order valence-electron chi connectivity index (χ4n) is 2.83. The molecule has 0 saturated carbocycles. The third-order valence-electron chi connectivity index (χ3n) is 4.21. The number of fused-ring (bicyclic) bond motifs is 2. The van der Waals surface area contributed by atoms with E-state index in [0.29, 0.717) is 0 Å². The van der Waals surface area contributed by atoms with Gasteiger partial charge in [0.25, 0.3) is 5.24 Å².